The number of halogens is 4. The van der Waals surface area contributed by atoms with E-state index in [2.05, 4.69) is 15.9 Å². The summed E-state index contributed by atoms with van der Waals surface area (Å²) in [6.07, 6.45) is -1.83. The van der Waals surface area contributed by atoms with E-state index in [9.17, 15) is 18.0 Å². The number of likely N-dealkylation sites (tertiary alicyclic amines) is 1. The van der Waals surface area contributed by atoms with Gasteiger partial charge < -0.3 is 4.90 Å². The fourth-order valence-electron chi connectivity index (χ4n) is 2.06. The number of nitrogens with zero attached hydrogens (tertiary/aromatic N) is 1. The lowest BCUT2D eigenvalue weighted by molar-refractivity contribution is -0.150. The molecule has 17 heavy (non-hydrogen) atoms. The minimum Gasteiger partial charge on any atom is -0.339 e. The lowest BCUT2D eigenvalue weighted by atomic mass is 10.1. The zero-order valence-electron chi connectivity index (χ0n) is 9.60. The normalized spacial score (nSPS) is 22.4. The highest BCUT2D eigenvalue weighted by molar-refractivity contribution is 9.09. The van der Waals surface area contributed by atoms with Crippen LogP contribution in [-0.2, 0) is 4.79 Å². The molecular formula is C11H17BrF3NO. The molecule has 6 heteroatoms. The third-order valence-corrected chi connectivity index (χ3v) is 3.75. The first-order valence-electron chi connectivity index (χ1n) is 5.86. The van der Waals surface area contributed by atoms with Crippen LogP contribution in [0.25, 0.3) is 0 Å². The molecule has 0 saturated carbocycles. The van der Waals surface area contributed by atoms with Crippen LogP contribution < -0.4 is 0 Å². The van der Waals surface area contributed by atoms with E-state index < -0.39 is 19.0 Å². The molecule has 0 radical (unpaired) electrons. The lowest BCUT2D eigenvalue weighted by Crippen LogP contribution is -2.41. The van der Waals surface area contributed by atoms with E-state index in [4.69, 9.17) is 0 Å². The van der Waals surface area contributed by atoms with E-state index in [1.54, 1.807) is 4.90 Å². The number of alkyl halides is 4. The Hall–Kier alpha value is -0.260. The van der Waals surface area contributed by atoms with Crippen molar-refractivity contribution < 1.29 is 18.0 Å². The van der Waals surface area contributed by atoms with Crippen molar-refractivity contribution in [3.05, 3.63) is 0 Å². The summed E-state index contributed by atoms with van der Waals surface area (Å²) in [5.41, 5.74) is 0. The lowest BCUT2D eigenvalue weighted by Gasteiger charge is -2.29. The standard InChI is InChI=1S/C11H17BrF3NO/c12-8-9-4-2-1-3-7-16(9)10(17)5-6-11(13,14)15/h9H,1-8H2. The number of hydrogen-bond donors (Lipinski definition) is 0. The minimum absolute atomic E-state index is 0.0539. The first kappa shape index (κ1) is 14.8. The van der Waals surface area contributed by atoms with E-state index >= 15 is 0 Å². The highest BCUT2D eigenvalue weighted by Crippen LogP contribution is 2.24. The van der Waals surface area contributed by atoms with Crippen LogP contribution in [0.5, 0.6) is 0 Å². The minimum atomic E-state index is -4.24. The summed E-state index contributed by atoms with van der Waals surface area (Å²) >= 11 is 3.33. The van der Waals surface area contributed by atoms with Crippen molar-refractivity contribution >= 4 is 21.8 Å². The second-order valence-corrected chi connectivity index (χ2v) is 5.01. The molecule has 0 bridgehead atoms. The van der Waals surface area contributed by atoms with Gasteiger partial charge in [0.1, 0.15) is 0 Å². The smallest absolute Gasteiger partial charge is 0.339 e. The van der Waals surface area contributed by atoms with Gasteiger partial charge in [-0.3, -0.25) is 4.79 Å². The van der Waals surface area contributed by atoms with Crippen molar-refractivity contribution in [2.24, 2.45) is 0 Å². The molecule has 1 saturated heterocycles. The van der Waals surface area contributed by atoms with Gasteiger partial charge in [0.2, 0.25) is 5.91 Å². The van der Waals surface area contributed by atoms with Crippen molar-refractivity contribution in [3.8, 4) is 0 Å². The molecule has 0 aromatic rings. The Labute approximate surface area is 108 Å². The van der Waals surface area contributed by atoms with Crippen molar-refractivity contribution in [3.63, 3.8) is 0 Å². The highest BCUT2D eigenvalue weighted by Gasteiger charge is 2.31. The van der Waals surface area contributed by atoms with E-state index in [-0.39, 0.29) is 11.9 Å². The van der Waals surface area contributed by atoms with E-state index in [1.165, 1.54) is 0 Å². The Morgan fingerprint density at radius 1 is 1.29 bits per heavy atom. The van der Waals surface area contributed by atoms with E-state index in [0.717, 1.165) is 25.7 Å². The molecule has 0 aromatic carbocycles. The van der Waals surface area contributed by atoms with Gasteiger partial charge in [-0.05, 0) is 12.8 Å². The number of hydrogen-bond acceptors (Lipinski definition) is 1. The molecule has 1 aliphatic rings. The molecule has 1 unspecified atom stereocenters. The summed E-state index contributed by atoms with van der Waals surface area (Å²) in [4.78, 5) is 13.4. The van der Waals surface area contributed by atoms with Crippen molar-refractivity contribution in [1.29, 1.82) is 0 Å². The Morgan fingerprint density at radius 3 is 2.59 bits per heavy atom. The highest BCUT2D eigenvalue weighted by atomic mass is 79.9. The maximum absolute atomic E-state index is 12.1. The molecule has 1 fully saturated rings. The zero-order chi connectivity index (χ0) is 12.9. The molecule has 1 heterocycles. The van der Waals surface area contributed by atoms with Gasteiger partial charge >= 0.3 is 6.18 Å². The zero-order valence-corrected chi connectivity index (χ0v) is 11.2. The molecule has 1 atom stereocenters. The number of carbonyl (C=O) groups excluding carboxylic acids is 1. The van der Waals surface area contributed by atoms with Gasteiger partial charge in [0.15, 0.2) is 0 Å². The van der Waals surface area contributed by atoms with Gasteiger partial charge in [0.25, 0.3) is 0 Å². The molecule has 1 aliphatic heterocycles. The van der Waals surface area contributed by atoms with Crippen LogP contribution in [0.2, 0.25) is 0 Å². The summed E-state index contributed by atoms with van der Waals surface area (Å²) in [6, 6.07) is 0.0539. The molecule has 2 nitrogen and oxygen atoms in total. The topological polar surface area (TPSA) is 20.3 Å². The fraction of sp³-hybridized carbons (Fsp3) is 0.909. The first-order chi connectivity index (χ1) is 7.94. The molecule has 0 aliphatic carbocycles. The SMILES string of the molecule is O=C(CCC(F)(F)F)N1CCCCCC1CBr. The van der Waals surface area contributed by atoms with Gasteiger partial charge in [-0.1, -0.05) is 28.8 Å². The van der Waals surface area contributed by atoms with Gasteiger partial charge in [0.05, 0.1) is 6.42 Å². The molecule has 0 N–H and O–H groups in total. The Balaban J connectivity index is 2.52. The summed E-state index contributed by atoms with van der Waals surface area (Å²) < 4.78 is 36.2. The largest absolute Gasteiger partial charge is 0.389 e. The van der Waals surface area contributed by atoms with Gasteiger partial charge in [-0.2, -0.15) is 13.2 Å². The van der Waals surface area contributed by atoms with Crippen LogP contribution in [-0.4, -0.2) is 34.9 Å². The summed E-state index contributed by atoms with van der Waals surface area (Å²) in [7, 11) is 0. The third kappa shape index (κ3) is 5.27. The molecule has 100 valence electrons. The molecule has 1 rings (SSSR count). The predicted octanol–water partition coefficient (Wildman–Crippen LogP) is 3.50. The number of carbonyl (C=O) groups is 1. The number of amides is 1. The van der Waals surface area contributed by atoms with Gasteiger partial charge in [0, 0.05) is 24.3 Å². The Bertz CT molecular complexity index is 258. The fourth-order valence-corrected chi connectivity index (χ4v) is 2.73. The van der Waals surface area contributed by atoms with Gasteiger partial charge in [-0.15, -0.1) is 0 Å². The summed E-state index contributed by atoms with van der Waals surface area (Å²) in [5, 5.41) is 0.644. The maximum Gasteiger partial charge on any atom is 0.389 e. The quantitative estimate of drug-likeness (QED) is 0.730. The summed E-state index contributed by atoms with van der Waals surface area (Å²) in [6.45, 7) is 0.590. The van der Waals surface area contributed by atoms with Crippen LogP contribution in [0.4, 0.5) is 13.2 Å². The van der Waals surface area contributed by atoms with Crippen LogP contribution >= 0.6 is 15.9 Å². The van der Waals surface area contributed by atoms with Crippen LogP contribution in [0.3, 0.4) is 0 Å². The van der Waals surface area contributed by atoms with Crippen molar-refractivity contribution in [2.75, 3.05) is 11.9 Å². The monoisotopic (exact) mass is 315 g/mol. The average Bonchev–Trinajstić information content (AvgIpc) is 2.49. The van der Waals surface area contributed by atoms with E-state index in [0.29, 0.717) is 11.9 Å². The first-order valence-corrected chi connectivity index (χ1v) is 6.98. The molecular weight excluding hydrogens is 299 g/mol. The predicted molar refractivity (Wildman–Crippen MR) is 63.1 cm³/mol. The summed E-state index contributed by atoms with van der Waals surface area (Å²) in [5.74, 6) is -0.367. The third-order valence-electron chi connectivity index (χ3n) is 3.00. The van der Waals surface area contributed by atoms with Crippen LogP contribution in [0.15, 0.2) is 0 Å². The molecule has 0 spiro atoms. The van der Waals surface area contributed by atoms with E-state index in [1.807, 2.05) is 0 Å². The second kappa shape index (κ2) is 6.61. The second-order valence-electron chi connectivity index (χ2n) is 4.36. The Kier molecular flexibility index (Phi) is 5.76. The van der Waals surface area contributed by atoms with Crippen LogP contribution in [0, 0.1) is 0 Å². The molecule has 1 amide bonds. The Morgan fingerprint density at radius 2 is 2.00 bits per heavy atom. The van der Waals surface area contributed by atoms with Crippen molar-refractivity contribution in [2.45, 2.75) is 50.7 Å². The van der Waals surface area contributed by atoms with Gasteiger partial charge in [-0.25, -0.2) is 0 Å². The van der Waals surface area contributed by atoms with Crippen molar-refractivity contribution in [1.82, 2.24) is 4.90 Å². The maximum atomic E-state index is 12.1. The number of rotatable bonds is 3. The molecule has 0 aromatic heterocycles. The average molecular weight is 316 g/mol. The van der Waals surface area contributed by atoms with Crippen LogP contribution in [0.1, 0.15) is 38.5 Å².